The fraction of sp³-hybridized carbons (Fsp3) is 0.0909. The summed E-state index contributed by atoms with van der Waals surface area (Å²) in [6.45, 7) is 2.15. The average Bonchev–Trinajstić information content (AvgIpc) is 3.17. The number of hydrogen-bond donors (Lipinski definition) is 0. The largest absolute Gasteiger partial charge is 0.344 e. The summed E-state index contributed by atoms with van der Waals surface area (Å²) >= 11 is 0. The summed E-state index contributed by atoms with van der Waals surface area (Å²) in [5.74, 6) is 0.917. The summed E-state index contributed by atoms with van der Waals surface area (Å²) in [6, 6.07) is 25.2. The van der Waals surface area contributed by atoms with Gasteiger partial charge in [0.1, 0.15) is 18.3 Å². The molecule has 0 radical (unpaired) electrons. The van der Waals surface area contributed by atoms with Crippen molar-refractivity contribution in [1.29, 1.82) is 0 Å². The monoisotopic (exact) mass is 339 g/mol. The Morgan fingerprint density at radius 1 is 0.846 bits per heavy atom. The number of aromatic nitrogens is 4. The number of benzene rings is 3. The lowest BCUT2D eigenvalue weighted by atomic mass is 10.0. The molecule has 0 bridgehead atoms. The van der Waals surface area contributed by atoms with Crippen LogP contribution in [0.5, 0.6) is 0 Å². The zero-order chi connectivity index (χ0) is 17.7. The van der Waals surface area contributed by atoms with E-state index in [-0.39, 0.29) is 0 Å². The number of nitrogens with zero attached hydrogens (tertiary/aromatic N) is 4. The summed E-state index contributed by atoms with van der Waals surface area (Å²) in [7, 11) is 2.06. The summed E-state index contributed by atoms with van der Waals surface area (Å²) in [6.07, 6.45) is 2.09. The molecule has 2 aromatic heterocycles. The SMILES string of the molecule is Cc1cccc(-c2ccccc2)c1-n1c2nc3ccccc3n2c[n+]1C. The molecular formula is C22H19N4+. The van der Waals surface area contributed by atoms with Gasteiger partial charge in [-0.1, -0.05) is 60.7 Å². The minimum absolute atomic E-state index is 0.917. The fourth-order valence-corrected chi connectivity index (χ4v) is 3.70. The molecule has 0 N–H and O–H groups in total. The number of aryl methyl sites for hydroxylation is 2. The highest BCUT2D eigenvalue weighted by Gasteiger charge is 2.23. The molecule has 0 saturated heterocycles. The predicted octanol–water partition coefficient (Wildman–Crippen LogP) is 4.08. The van der Waals surface area contributed by atoms with Gasteiger partial charge >= 0.3 is 5.78 Å². The van der Waals surface area contributed by atoms with E-state index in [0.717, 1.165) is 22.5 Å². The number of fused-ring (bicyclic) bond motifs is 3. The summed E-state index contributed by atoms with van der Waals surface area (Å²) in [4.78, 5) is 4.89. The number of rotatable bonds is 2. The van der Waals surface area contributed by atoms with Crippen molar-refractivity contribution in [3.05, 3.63) is 84.7 Å². The molecular weight excluding hydrogens is 320 g/mol. The summed E-state index contributed by atoms with van der Waals surface area (Å²) < 4.78 is 6.44. The van der Waals surface area contributed by atoms with E-state index >= 15 is 0 Å². The molecule has 5 aromatic rings. The summed E-state index contributed by atoms with van der Waals surface area (Å²) in [5, 5.41) is 0. The second-order valence-electron chi connectivity index (χ2n) is 6.61. The quantitative estimate of drug-likeness (QED) is 0.445. The van der Waals surface area contributed by atoms with Crippen molar-refractivity contribution in [1.82, 2.24) is 14.1 Å². The van der Waals surface area contributed by atoms with Gasteiger partial charge in [0.15, 0.2) is 5.52 Å². The van der Waals surface area contributed by atoms with Crippen LogP contribution in [0.15, 0.2) is 79.1 Å². The van der Waals surface area contributed by atoms with Gasteiger partial charge in [-0.05, 0) is 30.2 Å². The van der Waals surface area contributed by atoms with Crippen LogP contribution < -0.4 is 4.68 Å². The molecule has 26 heavy (non-hydrogen) atoms. The van der Waals surface area contributed by atoms with E-state index in [0.29, 0.717) is 0 Å². The molecule has 0 unspecified atom stereocenters. The Morgan fingerprint density at radius 2 is 1.62 bits per heavy atom. The van der Waals surface area contributed by atoms with Crippen molar-refractivity contribution in [2.75, 3.05) is 0 Å². The maximum absolute atomic E-state index is 4.89. The van der Waals surface area contributed by atoms with Crippen molar-refractivity contribution in [3.8, 4) is 16.8 Å². The molecule has 0 saturated carbocycles. The van der Waals surface area contributed by atoms with E-state index in [2.05, 4.69) is 94.7 Å². The van der Waals surface area contributed by atoms with Crippen LogP contribution in [-0.2, 0) is 7.05 Å². The second kappa shape index (κ2) is 5.56. The lowest BCUT2D eigenvalue weighted by molar-refractivity contribution is -0.744. The standard InChI is InChI=1S/C22H19N4/c1-16-9-8-12-18(17-10-4-3-5-11-17)21(16)26-22-23-19-13-6-7-14-20(19)25(22)15-24(26)2/h3-15H,1-2H3/q+1. The van der Waals surface area contributed by atoms with Crippen molar-refractivity contribution in [2.24, 2.45) is 7.05 Å². The Morgan fingerprint density at radius 3 is 2.46 bits per heavy atom. The lowest BCUT2D eigenvalue weighted by Gasteiger charge is -2.12. The van der Waals surface area contributed by atoms with Gasteiger partial charge in [0, 0.05) is 5.56 Å². The third kappa shape index (κ3) is 2.09. The van der Waals surface area contributed by atoms with Crippen molar-refractivity contribution in [3.63, 3.8) is 0 Å². The second-order valence-corrected chi connectivity index (χ2v) is 6.61. The van der Waals surface area contributed by atoms with E-state index in [4.69, 9.17) is 4.98 Å². The highest BCUT2D eigenvalue weighted by Crippen LogP contribution is 2.30. The van der Waals surface area contributed by atoms with Gasteiger partial charge in [-0.3, -0.25) is 0 Å². The Labute approximate surface area is 151 Å². The minimum Gasteiger partial charge on any atom is -0.185 e. The van der Waals surface area contributed by atoms with Crippen LogP contribution >= 0.6 is 0 Å². The first-order valence-electron chi connectivity index (χ1n) is 8.74. The van der Waals surface area contributed by atoms with E-state index in [1.807, 2.05) is 12.1 Å². The molecule has 3 aromatic carbocycles. The van der Waals surface area contributed by atoms with Gasteiger partial charge in [-0.25, -0.2) is 0 Å². The van der Waals surface area contributed by atoms with Gasteiger partial charge in [0.05, 0.1) is 0 Å². The maximum Gasteiger partial charge on any atom is 0.344 e. The zero-order valence-corrected chi connectivity index (χ0v) is 14.8. The Bertz CT molecular complexity index is 1250. The Balaban J connectivity index is 1.88. The van der Waals surface area contributed by atoms with Gasteiger partial charge in [-0.15, -0.1) is 4.68 Å². The molecule has 0 amide bonds. The highest BCUT2D eigenvalue weighted by atomic mass is 15.5. The van der Waals surface area contributed by atoms with E-state index < -0.39 is 0 Å². The van der Waals surface area contributed by atoms with Crippen molar-refractivity contribution < 1.29 is 4.68 Å². The van der Waals surface area contributed by atoms with E-state index in [1.165, 1.54) is 16.7 Å². The van der Waals surface area contributed by atoms with Gasteiger partial charge < -0.3 is 0 Å². The third-order valence-corrected chi connectivity index (χ3v) is 4.90. The lowest BCUT2D eigenvalue weighted by Crippen LogP contribution is -2.37. The smallest absolute Gasteiger partial charge is 0.185 e. The normalized spacial score (nSPS) is 11.5. The molecule has 0 atom stereocenters. The Kier molecular flexibility index (Phi) is 3.19. The highest BCUT2D eigenvalue weighted by molar-refractivity contribution is 5.81. The number of imidazole rings is 1. The van der Waals surface area contributed by atoms with Gasteiger partial charge in [-0.2, -0.15) is 14.1 Å². The average molecular weight is 339 g/mol. The molecule has 0 fully saturated rings. The number of hydrogen-bond acceptors (Lipinski definition) is 1. The first kappa shape index (κ1) is 14.9. The van der Waals surface area contributed by atoms with Gasteiger partial charge in [0.25, 0.3) is 6.33 Å². The molecule has 4 nitrogen and oxygen atoms in total. The van der Waals surface area contributed by atoms with Crippen molar-refractivity contribution >= 4 is 16.8 Å². The molecule has 5 rings (SSSR count). The first-order chi connectivity index (χ1) is 12.7. The van der Waals surface area contributed by atoms with E-state index in [1.54, 1.807) is 0 Å². The van der Waals surface area contributed by atoms with E-state index in [9.17, 15) is 0 Å². The predicted molar refractivity (Wildman–Crippen MR) is 103 cm³/mol. The molecule has 0 aliphatic heterocycles. The topological polar surface area (TPSA) is 26.1 Å². The molecule has 126 valence electrons. The van der Waals surface area contributed by atoms with Crippen LogP contribution in [0.4, 0.5) is 0 Å². The third-order valence-electron chi connectivity index (χ3n) is 4.90. The van der Waals surface area contributed by atoms with Crippen LogP contribution in [-0.4, -0.2) is 14.1 Å². The maximum atomic E-state index is 4.89. The Hall–Kier alpha value is -3.40. The van der Waals surface area contributed by atoms with Crippen LogP contribution in [0.25, 0.3) is 33.6 Å². The van der Waals surface area contributed by atoms with Crippen LogP contribution in [0.3, 0.4) is 0 Å². The number of para-hydroxylation sites is 3. The summed E-state index contributed by atoms with van der Waals surface area (Å²) in [5.41, 5.74) is 6.90. The van der Waals surface area contributed by atoms with Crippen LogP contribution in [0, 0.1) is 6.92 Å². The molecule has 2 heterocycles. The van der Waals surface area contributed by atoms with Crippen LogP contribution in [0.2, 0.25) is 0 Å². The molecule has 0 spiro atoms. The molecule has 4 heteroatoms. The first-order valence-corrected chi connectivity index (χ1v) is 8.74. The van der Waals surface area contributed by atoms with Crippen LogP contribution in [0.1, 0.15) is 5.56 Å². The zero-order valence-electron chi connectivity index (χ0n) is 14.8. The van der Waals surface area contributed by atoms with Crippen molar-refractivity contribution in [2.45, 2.75) is 6.92 Å². The molecule has 0 aliphatic carbocycles. The minimum atomic E-state index is 0.917. The van der Waals surface area contributed by atoms with Gasteiger partial charge in [0.2, 0.25) is 0 Å². The molecule has 0 aliphatic rings. The fourth-order valence-electron chi connectivity index (χ4n) is 3.70.